The first-order chi connectivity index (χ1) is 13.6. The number of ether oxygens (including phenoxy) is 1. The lowest BCUT2D eigenvalue weighted by Crippen LogP contribution is -2.32. The van der Waals surface area contributed by atoms with Crippen molar-refractivity contribution >= 4 is 5.91 Å². The largest absolute Gasteiger partial charge is 0.487 e. The quantitative estimate of drug-likeness (QED) is 0.577. The monoisotopic (exact) mass is 382 g/mol. The van der Waals surface area contributed by atoms with Crippen LogP contribution in [0.5, 0.6) is 5.75 Å². The van der Waals surface area contributed by atoms with Crippen LogP contribution in [0.15, 0.2) is 60.8 Å². The molecular weight excluding hydrogens is 359 g/mol. The van der Waals surface area contributed by atoms with Crippen molar-refractivity contribution in [2.75, 3.05) is 6.54 Å². The highest BCUT2D eigenvalue weighted by molar-refractivity contribution is 5.79. The number of para-hydroxylation sites is 1. The van der Waals surface area contributed by atoms with Crippen LogP contribution in [0.2, 0.25) is 0 Å². The normalized spacial score (nSPS) is 11.8. The number of aromatic nitrogens is 3. The van der Waals surface area contributed by atoms with Crippen molar-refractivity contribution in [3.05, 3.63) is 77.9 Å². The molecule has 146 valence electrons. The first-order valence-electron chi connectivity index (χ1n) is 9.22. The van der Waals surface area contributed by atoms with Crippen LogP contribution in [-0.4, -0.2) is 27.4 Å². The van der Waals surface area contributed by atoms with Gasteiger partial charge in [0.15, 0.2) is 0 Å². The van der Waals surface area contributed by atoms with E-state index in [2.05, 4.69) is 15.6 Å². The van der Waals surface area contributed by atoms with Crippen LogP contribution in [0.25, 0.3) is 0 Å². The van der Waals surface area contributed by atoms with Crippen molar-refractivity contribution in [3.8, 4) is 5.75 Å². The lowest BCUT2D eigenvalue weighted by atomic mass is 10.1. The van der Waals surface area contributed by atoms with E-state index in [9.17, 15) is 9.18 Å². The van der Waals surface area contributed by atoms with E-state index < -0.39 is 6.04 Å². The number of benzene rings is 2. The Labute approximate surface area is 163 Å². The Balaban J connectivity index is 1.42. The molecule has 1 N–H and O–H groups in total. The van der Waals surface area contributed by atoms with Crippen molar-refractivity contribution in [2.24, 2.45) is 0 Å². The SMILES string of the molecule is C[C@H](C(=O)NCCCc1cccc(F)c1)n1cc(COc2ccccc2)nn1. The van der Waals surface area contributed by atoms with E-state index in [-0.39, 0.29) is 18.3 Å². The number of nitrogens with one attached hydrogen (secondary N) is 1. The Kier molecular flexibility index (Phi) is 6.73. The van der Waals surface area contributed by atoms with Crippen LogP contribution in [0.1, 0.15) is 30.6 Å². The standard InChI is InChI=1S/C21H23FN4O2/c1-16(21(27)23-12-6-8-17-7-5-9-18(22)13-17)26-14-19(24-25-26)15-28-20-10-3-2-4-11-20/h2-5,7,9-11,13-14,16H,6,8,12,15H2,1H3,(H,23,27)/t16-/m1/s1. The zero-order chi connectivity index (χ0) is 19.8. The Morgan fingerprint density at radius 2 is 2.04 bits per heavy atom. The molecule has 1 amide bonds. The number of halogens is 1. The summed E-state index contributed by atoms with van der Waals surface area (Å²) in [6, 6.07) is 15.5. The highest BCUT2D eigenvalue weighted by atomic mass is 19.1. The summed E-state index contributed by atoms with van der Waals surface area (Å²) in [7, 11) is 0. The molecular formula is C21H23FN4O2. The Morgan fingerprint density at radius 3 is 2.82 bits per heavy atom. The lowest BCUT2D eigenvalue weighted by molar-refractivity contribution is -0.124. The molecule has 1 heterocycles. The van der Waals surface area contributed by atoms with Gasteiger partial charge in [-0.15, -0.1) is 5.10 Å². The maximum absolute atomic E-state index is 13.2. The van der Waals surface area contributed by atoms with Crippen molar-refractivity contribution in [1.82, 2.24) is 20.3 Å². The van der Waals surface area contributed by atoms with Gasteiger partial charge in [-0.1, -0.05) is 35.5 Å². The molecule has 3 rings (SSSR count). The topological polar surface area (TPSA) is 69.0 Å². The Morgan fingerprint density at radius 1 is 1.21 bits per heavy atom. The van der Waals surface area contributed by atoms with Gasteiger partial charge in [-0.2, -0.15) is 0 Å². The van der Waals surface area contributed by atoms with Gasteiger partial charge in [-0.05, 0) is 49.6 Å². The van der Waals surface area contributed by atoms with Gasteiger partial charge >= 0.3 is 0 Å². The fourth-order valence-corrected chi connectivity index (χ4v) is 2.71. The maximum atomic E-state index is 13.2. The zero-order valence-electron chi connectivity index (χ0n) is 15.7. The van der Waals surface area contributed by atoms with E-state index in [1.807, 2.05) is 36.4 Å². The van der Waals surface area contributed by atoms with Crippen LogP contribution in [-0.2, 0) is 17.8 Å². The molecule has 2 aromatic carbocycles. The van der Waals surface area contributed by atoms with Gasteiger partial charge in [0.25, 0.3) is 0 Å². The van der Waals surface area contributed by atoms with E-state index in [0.29, 0.717) is 18.7 Å². The summed E-state index contributed by atoms with van der Waals surface area (Å²) in [6.45, 7) is 2.56. The molecule has 0 saturated heterocycles. The summed E-state index contributed by atoms with van der Waals surface area (Å²) in [5, 5.41) is 11.0. The van der Waals surface area contributed by atoms with Crippen molar-refractivity contribution in [1.29, 1.82) is 0 Å². The highest BCUT2D eigenvalue weighted by Crippen LogP contribution is 2.12. The molecule has 0 bridgehead atoms. The van der Waals surface area contributed by atoms with Gasteiger partial charge in [-0.3, -0.25) is 4.79 Å². The number of carbonyl (C=O) groups excluding carboxylic acids is 1. The predicted molar refractivity (Wildman–Crippen MR) is 103 cm³/mol. The van der Waals surface area contributed by atoms with Crippen molar-refractivity contribution in [2.45, 2.75) is 32.4 Å². The number of rotatable bonds is 9. The molecule has 1 aromatic heterocycles. The van der Waals surface area contributed by atoms with E-state index >= 15 is 0 Å². The minimum atomic E-state index is -0.479. The summed E-state index contributed by atoms with van der Waals surface area (Å²) < 4.78 is 20.3. The lowest BCUT2D eigenvalue weighted by Gasteiger charge is -2.12. The second-order valence-corrected chi connectivity index (χ2v) is 6.49. The van der Waals surface area contributed by atoms with Gasteiger partial charge in [0.1, 0.15) is 29.9 Å². The summed E-state index contributed by atoms with van der Waals surface area (Å²) in [6.07, 6.45) is 3.14. The third-order valence-corrected chi connectivity index (χ3v) is 4.29. The smallest absolute Gasteiger partial charge is 0.244 e. The molecule has 1 atom stereocenters. The molecule has 0 unspecified atom stereocenters. The molecule has 0 aliphatic rings. The first kappa shape index (κ1) is 19.5. The number of amides is 1. The molecule has 0 radical (unpaired) electrons. The highest BCUT2D eigenvalue weighted by Gasteiger charge is 2.16. The van der Waals surface area contributed by atoms with Crippen molar-refractivity contribution < 1.29 is 13.9 Å². The van der Waals surface area contributed by atoms with Crippen LogP contribution >= 0.6 is 0 Å². The summed E-state index contributed by atoms with van der Waals surface area (Å²) in [4.78, 5) is 12.3. The fourth-order valence-electron chi connectivity index (χ4n) is 2.71. The predicted octanol–water partition coefficient (Wildman–Crippen LogP) is 3.31. The second kappa shape index (κ2) is 9.64. The first-order valence-corrected chi connectivity index (χ1v) is 9.22. The molecule has 6 nitrogen and oxygen atoms in total. The summed E-state index contributed by atoms with van der Waals surface area (Å²) >= 11 is 0. The number of hydrogen-bond donors (Lipinski definition) is 1. The molecule has 28 heavy (non-hydrogen) atoms. The molecule has 0 spiro atoms. The molecule has 0 fully saturated rings. The number of aryl methyl sites for hydroxylation is 1. The molecule has 0 saturated carbocycles. The molecule has 0 aliphatic carbocycles. The number of nitrogens with zero attached hydrogens (tertiary/aromatic N) is 3. The van der Waals surface area contributed by atoms with E-state index in [0.717, 1.165) is 17.7 Å². The van der Waals surface area contributed by atoms with Crippen LogP contribution < -0.4 is 10.1 Å². The Hall–Kier alpha value is -3.22. The van der Waals surface area contributed by atoms with E-state index in [1.165, 1.54) is 16.8 Å². The van der Waals surface area contributed by atoms with Crippen LogP contribution in [0.4, 0.5) is 4.39 Å². The molecule has 3 aromatic rings. The second-order valence-electron chi connectivity index (χ2n) is 6.49. The minimum Gasteiger partial charge on any atom is -0.487 e. The summed E-state index contributed by atoms with van der Waals surface area (Å²) in [5.41, 5.74) is 1.57. The van der Waals surface area contributed by atoms with E-state index in [1.54, 1.807) is 19.2 Å². The third kappa shape index (κ3) is 5.64. The zero-order valence-corrected chi connectivity index (χ0v) is 15.7. The van der Waals surface area contributed by atoms with Gasteiger partial charge in [0, 0.05) is 6.54 Å². The average molecular weight is 382 g/mol. The summed E-state index contributed by atoms with van der Waals surface area (Å²) in [5.74, 6) is 0.370. The van der Waals surface area contributed by atoms with Crippen molar-refractivity contribution in [3.63, 3.8) is 0 Å². The van der Waals surface area contributed by atoms with Crippen LogP contribution in [0, 0.1) is 5.82 Å². The van der Waals surface area contributed by atoms with Gasteiger partial charge in [0.2, 0.25) is 5.91 Å². The maximum Gasteiger partial charge on any atom is 0.244 e. The molecule has 7 heteroatoms. The van der Waals surface area contributed by atoms with Gasteiger partial charge in [-0.25, -0.2) is 9.07 Å². The minimum absolute atomic E-state index is 0.139. The van der Waals surface area contributed by atoms with Gasteiger partial charge in [0.05, 0.1) is 6.20 Å². The molecule has 0 aliphatic heterocycles. The third-order valence-electron chi connectivity index (χ3n) is 4.29. The number of hydrogen-bond acceptors (Lipinski definition) is 4. The number of carbonyl (C=O) groups is 1. The van der Waals surface area contributed by atoms with Gasteiger partial charge < -0.3 is 10.1 Å². The van der Waals surface area contributed by atoms with E-state index in [4.69, 9.17) is 4.74 Å². The Bertz CT molecular complexity index is 898. The van der Waals surface area contributed by atoms with Crippen LogP contribution in [0.3, 0.4) is 0 Å². The fraction of sp³-hybridized carbons (Fsp3) is 0.286. The average Bonchev–Trinajstić information content (AvgIpc) is 3.19.